The molecule has 37 heavy (non-hydrogen) atoms. The van der Waals surface area contributed by atoms with E-state index in [-0.39, 0.29) is 32.4 Å². The highest BCUT2D eigenvalue weighted by Gasteiger charge is 2.70. The van der Waals surface area contributed by atoms with Gasteiger partial charge in [-0.1, -0.05) is 29.8 Å². The first kappa shape index (κ1) is 28.7. The average molecular weight is 519 g/mol. The van der Waals surface area contributed by atoms with Crippen molar-refractivity contribution in [1.82, 2.24) is 4.90 Å². The molecule has 2 saturated heterocycles. The summed E-state index contributed by atoms with van der Waals surface area (Å²) in [5.41, 5.74) is 17.9. The molecule has 2 heterocycles. The highest BCUT2D eigenvalue weighted by Crippen LogP contribution is 2.45. The molecule has 2 fully saturated rings. The van der Waals surface area contributed by atoms with Crippen molar-refractivity contribution in [1.29, 1.82) is 0 Å². The van der Waals surface area contributed by atoms with E-state index in [4.69, 9.17) is 17.2 Å². The van der Waals surface area contributed by atoms with Gasteiger partial charge in [-0.3, -0.25) is 14.4 Å². The van der Waals surface area contributed by atoms with Gasteiger partial charge in [-0.2, -0.15) is 0 Å². The maximum atomic E-state index is 14.7. The van der Waals surface area contributed by atoms with Crippen molar-refractivity contribution >= 4 is 23.6 Å². The molecule has 0 spiro atoms. The molecule has 11 heteroatoms. The van der Waals surface area contributed by atoms with Crippen molar-refractivity contribution in [2.45, 2.75) is 88.7 Å². The fourth-order valence-corrected chi connectivity index (χ4v) is 6.47. The highest BCUT2D eigenvalue weighted by molar-refractivity contribution is 5.93. The molecule has 2 unspecified atom stereocenters. The van der Waals surface area contributed by atoms with Crippen molar-refractivity contribution < 1.29 is 33.9 Å². The second-order valence-corrected chi connectivity index (χ2v) is 10.6. The molecule has 0 radical (unpaired) electrons. The predicted molar refractivity (Wildman–Crippen MR) is 135 cm³/mol. The van der Waals surface area contributed by atoms with Crippen LogP contribution in [0.3, 0.4) is 0 Å². The quantitative estimate of drug-likeness (QED) is 0.254. The van der Waals surface area contributed by atoms with Gasteiger partial charge in [0, 0.05) is 25.8 Å². The molecule has 2 aliphatic rings. The summed E-state index contributed by atoms with van der Waals surface area (Å²) in [4.78, 5) is 55.4. The number of likely N-dealkylation sites (tertiary alicyclic amines) is 2. The SMILES string of the molecule is Cc1cccc(CC2(C(N)=O)CCC[N+]2(C(=O)[C@@H]2CCCN2C(=O)[C@@H](N)[C@@H](C)O)[C@H](C(N)=O)[C@@H](C)O)c1. The monoisotopic (exact) mass is 518 g/mol. The molecule has 0 bridgehead atoms. The van der Waals surface area contributed by atoms with Crippen LogP contribution >= 0.6 is 0 Å². The van der Waals surface area contributed by atoms with Gasteiger partial charge in [-0.05, 0) is 39.2 Å². The molecule has 3 rings (SSSR count). The molecular formula is C26H40N5O6+. The van der Waals surface area contributed by atoms with Crippen molar-refractivity contribution in [2.24, 2.45) is 17.2 Å². The predicted octanol–water partition coefficient (Wildman–Crippen LogP) is -1.17. The maximum Gasteiger partial charge on any atom is 0.337 e. The van der Waals surface area contributed by atoms with E-state index >= 15 is 0 Å². The first-order chi connectivity index (χ1) is 17.3. The average Bonchev–Trinajstić information content (AvgIpc) is 3.44. The number of nitrogens with zero attached hydrogens (tertiary/aromatic N) is 2. The number of aryl methyl sites for hydroxylation is 1. The summed E-state index contributed by atoms with van der Waals surface area (Å²) in [6, 6.07) is 3.72. The van der Waals surface area contributed by atoms with Gasteiger partial charge in [0.2, 0.25) is 11.9 Å². The number of hydrogen-bond acceptors (Lipinski definition) is 7. The minimum absolute atomic E-state index is 0.0487. The second kappa shape index (κ2) is 10.9. The topological polar surface area (TPSA) is 190 Å². The van der Waals surface area contributed by atoms with Crippen LogP contribution in [0.15, 0.2) is 24.3 Å². The Balaban J connectivity index is 2.22. The summed E-state index contributed by atoms with van der Waals surface area (Å²) < 4.78 is -0.762. The van der Waals surface area contributed by atoms with Crippen LogP contribution in [0, 0.1) is 6.92 Å². The Morgan fingerprint density at radius 1 is 1.14 bits per heavy atom. The number of aliphatic hydroxyl groups excluding tert-OH is 2. The summed E-state index contributed by atoms with van der Waals surface area (Å²) in [6.07, 6.45) is -1.10. The van der Waals surface area contributed by atoms with Crippen LogP contribution in [-0.2, 0) is 25.6 Å². The van der Waals surface area contributed by atoms with Crippen molar-refractivity contribution in [2.75, 3.05) is 13.1 Å². The molecule has 1 aromatic rings. The lowest BCUT2D eigenvalue weighted by atomic mass is 9.82. The van der Waals surface area contributed by atoms with Gasteiger partial charge < -0.3 is 32.3 Å². The Kier molecular flexibility index (Phi) is 8.43. The second-order valence-electron chi connectivity index (χ2n) is 10.6. The maximum absolute atomic E-state index is 14.7. The van der Waals surface area contributed by atoms with Crippen molar-refractivity contribution in [3.63, 3.8) is 0 Å². The zero-order chi connectivity index (χ0) is 27.7. The molecule has 0 aliphatic carbocycles. The number of hydrogen-bond donors (Lipinski definition) is 5. The third kappa shape index (κ3) is 4.88. The number of nitrogens with two attached hydrogens (primary N) is 3. The van der Waals surface area contributed by atoms with Crippen LogP contribution < -0.4 is 17.2 Å². The Labute approximate surface area is 217 Å². The van der Waals surface area contributed by atoms with E-state index < -0.39 is 64.0 Å². The number of quaternary nitrogens is 1. The molecule has 11 nitrogen and oxygen atoms in total. The number of rotatable bonds is 9. The van der Waals surface area contributed by atoms with E-state index in [9.17, 15) is 29.4 Å². The molecular weight excluding hydrogens is 478 g/mol. The lowest BCUT2D eigenvalue weighted by Gasteiger charge is -2.50. The van der Waals surface area contributed by atoms with E-state index in [0.717, 1.165) is 11.1 Å². The first-order valence-electron chi connectivity index (χ1n) is 12.8. The first-order valence-corrected chi connectivity index (χ1v) is 12.8. The van der Waals surface area contributed by atoms with Gasteiger partial charge >= 0.3 is 5.91 Å². The molecule has 2 aliphatic heterocycles. The standard InChI is InChI=1S/C26H39N5O6/c1-15-7-4-8-18(13-15)14-26(25(29)37)10-6-12-31(26,21(17(3)33)22(28)34)24(36)19-9-5-11-30(19)23(35)20(27)16(2)32/h4,7-8,13,16-17,19-21,32-33H,5-6,9-12,14,27H2,1-3H3,(H3-,28,29,34,37)/p+1/t16-,17-,19+,20+,21+,26?,31?/m1/s1. The number of primary amides is 2. The summed E-state index contributed by atoms with van der Waals surface area (Å²) >= 11 is 0. The largest absolute Gasteiger partial charge is 0.391 e. The molecule has 1 aromatic carbocycles. The Bertz CT molecular complexity index is 1060. The lowest BCUT2D eigenvalue weighted by molar-refractivity contribution is -0.902. The number of carbonyl (C=O) groups excluding carboxylic acids is 4. The van der Waals surface area contributed by atoms with E-state index in [0.29, 0.717) is 12.8 Å². The van der Waals surface area contributed by atoms with Crippen LogP contribution in [0.4, 0.5) is 0 Å². The van der Waals surface area contributed by atoms with Crippen LogP contribution in [0.2, 0.25) is 0 Å². The molecule has 7 atom stereocenters. The smallest absolute Gasteiger partial charge is 0.337 e. The fraction of sp³-hybridized carbons (Fsp3) is 0.615. The molecule has 0 saturated carbocycles. The number of benzene rings is 1. The third-order valence-electron chi connectivity index (χ3n) is 8.15. The highest BCUT2D eigenvalue weighted by atomic mass is 16.3. The van der Waals surface area contributed by atoms with E-state index in [1.165, 1.54) is 18.7 Å². The molecule has 4 amide bonds. The minimum Gasteiger partial charge on any atom is -0.391 e. The van der Waals surface area contributed by atoms with Crippen molar-refractivity contribution in [3.05, 3.63) is 35.4 Å². The third-order valence-corrected chi connectivity index (χ3v) is 8.15. The van der Waals surface area contributed by atoms with Gasteiger partial charge in [-0.25, -0.2) is 9.28 Å². The van der Waals surface area contributed by atoms with Gasteiger partial charge in [0.1, 0.15) is 18.2 Å². The van der Waals surface area contributed by atoms with Crippen LogP contribution in [0.25, 0.3) is 0 Å². The van der Waals surface area contributed by atoms with Crippen LogP contribution in [0.1, 0.15) is 50.7 Å². The molecule has 0 aromatic heterocycles. The summed E-state index contributed by atoms with van der Waals surface area (Å²) in [5, 5.41) is 20.7. The zero-order valence-electron chi connectivity index (χ0n) is 21.8. The van der Waals surface area contributed by atoms with Gasteiger partial charge in [-0.15, -0.1) is 0 Å². The Morgan fingerprint density at radius 2 is 1.81 bits per heavy atom. The number of carbonyl (C=O) groups is 4. The van der Waals surface area contributed by atoms with Crippen LogP contribution in [-0.4, -0.2) is 92.2 Å². The lowest BCUT2D eigenvalue weighted by Crippen LogP contribution is -2.79. The number of amides is 4. The van der Waals surface area contributed by atoms with Crippen molar-refractivity contribution in [3.8, 4) is 0 Å². The van der Waals surface area contributed by atoms with Gasteiger partial charge in [0.25, 0.3) is 11.8 Å². The minimum atomic E-state index is -1.58. The molecule has 204 valence electrons. The molecule has 8 N–H and O–H groups in total. The zero-order valence-corrected chi connectivity index (χ0v) is 21.8. The van der Waals surface area contributed by atoms with E-state index in [1.54, 1.807) is 0 Å². The Hall–Kier alpha value is -2.86. The fourth-order valence-electron chi connectivity index (χ4n) is 6.47. The van der Waals surface area contributed by atoms with E-state index in [1.807, 2.05) is 31.2 Å². The normalized spacial score (nSPS) is 28.9. The summed E-state index contributed by atoms with van der Waals surface area (Å²) in [5.74, 6) is -2.88. The number of aliphatic hydroxyl groups is 2. The summed E-state index contributed by atoms with van der Waals surface area (Å²) in [6.45, 7) is 4.93. The van der Waals surface area contributed by atoms with Crippen LogP contribution in [0.5, 0.6) is 0 Å². The van der Waals surface area contributed by atoms with E-state index in [2.05, 4.69) is 0 Å². The van der Waals surface area contributed by atoms with Gasteiger partial charge in [0.05, 0.1) is 12.6 Å². The Morgan fingerprint density at radius 3 is 2.35 bits per heavy atom. The summed E-state index contributed by atoms with van der Waals surface area (Å²) in [7, 11) is 0. The van der Waals surface area contributed by atoms with Gasteiger partial charge in [0.15, 0.2) is 5.54 Å².